The van der Waals surface area contributed by atoms with Crippen molar-refractivity contribution in [3.63, 3.8) is 0 Å². The summed E-state index contributed by atoms with van der Waals surface area (Å²) in [4.78, 5) is 32.2. The van der Waals surface area contributed by atoms with E-state index < -0.39 is 10.9 Å². The van der Waals surface area contributed by atoms with Crippen LogP contribution < -0.4 is 5.32 Å². The molecule has 0 aliphatic heterocycles. The third-order valence-electron chi connectivity index (χ3n) is 3.13. The number of nitrogens with zero attached hydrogens (tertiary/aromatic N) is 1. The second-order valence-corrected chi connectivity index (χ2v) is 5.01. The van der Waals surface area contributed by atoms with Crippen LogP contribution >= 0.6 is 0 Å². The Balaban J connectivity index is 2.19. The number of carboxylic acid groups (broad SMARTS) is 1. The van der Waals surface area contributed by atoms with E-state index in [1.807, 2.05) is 0 Å². The summed E-state index contributed by atoms with van der Waals surface area (Å²) in [6, 6.07) is 6.02. The highest BCUT2D eigenvalue weighted by Crippen LogP contribution is 2.13. The molecule has 0 fully saturated rings. The maximum Gasteiger partial charge on any atom is 0.303 e. The number of hydrogen-bond acceptors (Lipinski definition) is 4. The second-order valence-electron chi connectivity index (χ2n) is 5.01. The summed E-state index contributed by atoms with van der Waals surface area (Å²) in [5, 5.41) is 21.9. The van der Waals surface area contributed by atoms with Crippen LogP contribution in [0.25, 0.3) is 0 Å². The molecule has 2 N–H and O–H groups in total. The zero-order valence-corrected chi connectivity index (χ0v) is 12.3. The van der Waals surface area contributed by atoms with Crippen molar-refractivity contribution in [1.82, 2.24) is 5.32 Å². The molecule has 7 heteroatoms. The first-order chi connectivity index (χ1) is 10.5. The maximum absolute atomic E-state index is 11.7. The predicted octanol–water partition coefficient (Wildman–Crippen LogP) is 2.29. The Bertz CT molecular complexity index is 530. The number of carbonyl (C=O) groups excluding carboxylic acids is 1. The molecule has 120 valence electrons. The summed E-state index contributed by atoms with van der Waals surface area (Å²) in [7, 11) is 0. The summed E-state index contributed by atoms with van der Waals surface area (Å²) in [6.07, 6.45) is 3.43. The van der Waals surface area contributed by atoms with E-state index in [1.165, 1.54) is 12.1 Å². The molecule has 0 saturated carbocycles. The molecule has 22 heavy (non-hydrogen) atoms. The van der Waals surface area contributed by atoms with Crippen LogP contribution in [0.4, 0.5) is 5.69 Å². The standard InChI is InChI=1S/C15H20N2O5/c18-14(16-9-4-2-1-3-8-15(19)20)11-12-6-5-7-13(10-12)17(21)22/h5-7,10H,1-4,8-9,11H2,(H,16,18)(H,19,20). The number of nitro benzene ring substituents is 1. The van der Waals surface area contributed by atoms with Crippen LogP contribution in [0.15, 0.2) is 24.3 Å². The molecule has 0 aliphatic rings. The zero-order valence-electron chi connectivity index (χ0n) is 12.3. The molecule has 7 nitrogen and oxygen atoms in total. The highest BCUT2D eigenvalue weighted by molar-refractivity contribution is 5.78. The van der Waals surface area contributed by atoms with Gasteiger partial charge in [0, 0.05) is 25.1 Å². The van der Waals surface area contributed by atoms with Gasteiger partial charge in [-0.05, 0) is 18.4 Å². The number of aliphatic carboxylic acids is 1. The molecule has 0 aliphatic carbocycles. The minimum Gasteiger partial charge on any atom is -0.481 e. The van der Waals surface area contributed by atoms with E-state index in [1.54, 1.807) is 12.1 Å². The highest BCUT2D eigenvalue weighted by atomic mass is 16.6. The molecular weight excluding hydrogens is 288 g/mol. The van der Waals surface area contributed by atoms with Crippen LogP contribution in [0.2, 0.25) is 0 Å². The Morgan fingerprint density at radius 3 is 2.59 bits per heavy atom. The van der Waals surface area contributed by atoms with Crippen LogP contribution in [-0.4, -0.2) is 28.5 Å². The number of hydrogen-bond donors (Lipinski definition) is 2. The van der Waals surface area contributed by atoms with Crippen molar-refractivity contribution >= 4 is 17.6 Å². The van der Waals surface area contributed by atoms with Gasteiger partial charge in [-0.2, -0.15) is 0 Å². The quantitative estimate of drug-likeness (QED) is 0.391. The summed E-state index contributed by atoms with van der Waals surface area (Å²) in [5.74, 6) is -0.962. The van der Waals surface area contributed by atoms with Gasteiger partial charge in [-0.3, -0.25) is 19.7 Å². The molecule has 0 radical (unpaired) electrons. The number of nitro groups is 1. The Kier molecular flexibility index (Phi) is 7.60. The lowest BCUT2D eigenvalue weighted by Crippen LogP contribution is -2.26. The van der Waals surface area contributed by atoms with Gasteiger partial charge in [-0.25, -0.2) is 0 Å². The van der Waals surface area contributed by atoms with Gasteiger partial charge in [0.05, 0.1) is 11.3 Å². The van der Waals surface area contributed by atoms with E-state index >= 15 is 0 Å². The smallest absolute Gasteiger partial charge is 0.303 e. The first kappa shape index (κ1) is 17.6. The van der Waals surface area contributed by atoms with Gasteiger partial charge in [-0.15, -0.1) is 0 Å². The number of carbonyl (C=O) groups is 2. The van der Waals surface area contributed by atoms with Gasteiger partial charge in [0.2, 0.25) is 5.91 Å². The number of amides is 1. The van der Waals surface area contributed by atoms with Crippen LogP contribution in [0.3, 0.4) is 0 Å². The monoisotopic (exact) mass is 308 g/mol. The number of unbranched alkanes of at least 4 members (excludes halogenated alkanes) is 3. The molecule has 1 aromatic carbocycles. The lowest BCUT2D eigenvalue weighted by molar-refractivity contribution is -0.384. The van der Waals surface area contributed by atoms with Crippen LogP contribution in [0.1, 0.15) is 37.7 Å². The molecule has 0 spiro atoms. The maximum atomic E-state index is 11.7. The number of benzene rings is 1. The van der Waals surface area contributed by atoms with Crippen molar-refractivity contribution in [2.24, 2.45) is 0 Å². The van der Waals surface area contributed by atoms with Crippen molar-refractivity contribution in [3.8, 4) is 0 Å². The molecule has 0 atom stereocenters. The number of carboxylic acids is 1. The minimum atomic E-state index is -0.787. The van der Waals surface area contributed by atoms with Crippen LogP contribution in [0.5, 0.6) is 0 Å². The zero-order chi connectivity index (χ0) is 16.4. The number of non-ortho nitro benzene ring substituents is 1. The fourth-order valence-corrected chi connectivity index (χ4v) is 2.01. The molecular formula is C15H20N2O5. The summed E-state index contributed by atoms with van der Waals surface area (Å²) < 4.78 is 0. The average Bonchev–Trinajstić information content (AvgIpc) is 2.46. The van der Waals surface area contributed by atoms with E-state index in [9.17, 15) is 19.7 Å². The van der Waals surface area contributed by atoms with Crippen molar-refractivity contribution in [3.05, 3.63) is 39.9 Å². The molecule has 1 aromatic rings. The third-order valence-corrected chi connectivity index (χ3v) is 3.13. The summed E-state index contributed by atoms with van der Waals surface area (Å²) >= 11 is 0. The fourth-order valence-electron chi connectivity index (χ4n) is 2.01. The summed E-state index contributed by atoms with van der Waals surface area (Å²) in [5.41, 5.74) is 0.580. The van der Waals surface area contributed by atoms with Gasteiger partial charge in [0.15, 0.2) is 0 Å². The molecule has 0 heterocycles. The van der Waals surface area contributed by atoms with E-state index in [4.69, 9.17) is 5.11 Å². The SMILES string of the molecule is O=C(O)CCCCCCNC(=O)Cc1cccc([N+](=O)[O-])c1. The predicted molar refractivity (Wildman–Crippen MR) is 80.5 cm³/mol. The lowest BCUT2D eigenvalue weighted by Gasteiger charge is -2.05. The van der Waals surface area contributed by atoms with Crippen molar-refractivity contribution in [1.29, 1.82) is 0 Å². The lowest BCUT2D eigenvalue weighted by atomic mass is 10.1. The topological polar surface area (TPSA) is 110 Å². The van der Waals surface area contributed by atoms with Crippen LogP contribution in [0, 0.1) is 10.1 Å². The molecule has 0 saturated heterocycles. The minimum absolute atomic E-state index is 0.0243. The first-order valence-corrected chi connectivity index (χ1v) is 7.21. The molecule has 0 bridgehead atoms. The van der Waals surface area contributed by atoms with E-state index in [2.05, 4.69) is 5.32 Å². The first-order valence-electron chi connectivity index (χ1n) is 7.21. The molecule has 1 rings (SSSR count). The van der Waals surface area contributed by atoms with Crippen LogP contribution in [-0.2, 0) is 16.0 Å². The number of nitrogens with one attached hydrogen (secondary N) is 1. The summed E-state index contributed by atoms with van der Waals surface area (Å²) in [6.45, 7) is 0.529. The van der Waals surface area contributed by atoms with Gasteiger partial charge >= 0.3 is 5.97 Å². The molecule has 1 amide bonds. The van der Waals surface area contributed by atoms with Crippen molar-refractivity contribution in [2.75, 3.05) is 6.54 Å². The van der Waals surface area contributed by atoms with Gasteiger partial charge in [-0.1, -0.05) is 25.0 Å². The van der Waals surface area contributed by atoms with Gasteiger partial charge in [0.1, 0.15) is 0 Å². The highest BCUT2D eigenvalue weighted by Gasteiger charge is 2.08. The third kappa shape index (κ3) is 7.37. The van der Waals surface area contributed by atoms with Gasteiger partial charge < -0.3 is 10.4 Å². The molecule has 0 unspecified atom stereocenters. The Labute approximate surface area is 128 Å². The average molecular weight is 308 g/mol. The fraction of sp³-hybridized carbons (Fsp3) is 0.467. The van der Waals surface area contributed by atoms with E-state index in [-0.39, 0.29) is 24.4 Å². The van der Waals surface area contributed by atoms with Crippen molar-refractivity contribution < 1.29 is 19.6 Å². The van der Waals surface area contributed by atoms with Crippen molar-refractivity contribution in [2.45, 2.75) is 38.5 Å². The Morgan fingerprint density at radius 1 is 1.18 bits per heavy atom. The largest absolute Gasteiger partial charge is 0.481 e. The normalized spacial score (nSPS) is 10.2. The van der Waals surface area contributed by atoms with E-state index in [0.29, 0.717) is 18.5 Å². The Hall–Kier alpha value is -2.44. The van der Waals surface area contributed by atoms with Gasteiger partial charge in [0.25, 0.3) is 5.69 Å². The number of rotatable bonds is 10. The molecule has 0 aromatic heterocycles. The second kappa shape index (κ2) is 9.49. The Morgan fingerprint density at radius 2 is 1.91 bits per heavy atom. The van der Waals surface area contributed by atoms with E-state index in [0.717, 1.165) is 19.3 Å².